The molecule has 3 aromatic rings. The van der Waals surface area contributed by atoms with Crippen LogP contribution < -0.4 is 14.9 Å². The van der Waals surface area contributed by atoms with Gasteiger partial charge < -0.3 is 10.6 Å². The molecule has 0 aromatic heterocycles. The summed E-state index contributed by atoms with van der Waals surface area (Å²) in [5.74, 6) is -0.694. The number of amides is 2. The zero-order valence-corrected chi connectivity index (χ0v) is 21.2. The molecule has 10 heteroatoms. The zero-order chi connectivity index (χ0) is 25.2. The number of halogens is 2. The first-order valence-electron chi connectivity index (χ1n) is 10.9. The number of carbonyl (C=O) groups excluding carboxylic acids is 2. The van der Waals surface area contributed by atoms with Gasteiger partial charge in [-0.05, 0) is 73.9 Å². The van der Waals surface area contributed by atoms with Gasteiger partial charge in [-0.15, -0.1) is 0 Å². The van der Waals surface area contributed by atoms with Crippen molar-refractivity contribution < 1.29 is 18.0 Å². The van der Waals surface area contributed by atoms with Gasteiger partial charge in [0.25, 0.3) is 11.8 Å². The standard InChI is InChI=1S/C25H23Cl2N3O4S/c1-16-7-8-19(14-23(16)29-24(31)17-5-4-6-18(26)13-17)28-25(32)21-10-9-20(15-22(21)27)30-11-2-3-12-35(30,33)34/h4-10,13-15H,2-3,11-12H2,1H3,(H,28,32)(H,29,31). The van der Waals surface area contributed by atoms with E-state index in [0.717, 1.165) is 12.0 Å². The van der Waals surface area contributed by atoms with Gasteiger partial charge >= 0.3 is 0 Å². The Balaban J connectivity index is 1.50. The molecule has 0 saturated carbocycles. The molecule has 182 valence electrons. The molecule has 1 fully saturated rings. The van der Waals surface area contributed by atoms with Crippen molar-refractivity contribution in [2.24, 2.45) is 0 Å². The predicted octanol–water partition coefficient (Wildman–Crippen LogP) is 5.74. The number of hydrogen-bond donors (Lipinski definition) is 2. The smallest absolute Gasteiger partial charge is 0.257 e. The third-order valence-corrected chi connectivity index (χ3v) is 8.08. The van der Waals surface area contributed by atoms with Crippen molar-refractivity contribution in [1.29, 1.82) is 0 Å². The minimum absolute atomic E-state index is 0.0937. The summed E-state index contributed by atoms with van der Waals surface area (Å²) in [5, 5.41) is 6.20. The first-order valence-corrected chi connectivity index (χ1v) is 13.3. The number of anilines is 3. The van der Waals surface area contributed by atoms with E-state index in [1.54, 1.807) is 48.5 Å². The fourth-order valence-corrected chi connectivity index (χ4v) is 5.86. The van der Waals surface area contributed by atoms with Crippen molar-refractivity contribution in [2.75, 3.05) is 27.2 Å². The highest BCUT2D eigenvalue weighted by Crippen LogP contribution is 2.29. The average molecular weight is 532 g/mol. The number of rotatable bonds is 5. The molecule has 4 rings (SSSR count). The molecule has 0 aliphatic carbocycles. The van der Waals surface area contributed by atoms with Gasteiger partial charge in [-0.3, -0.25) is 13.9 Å². The van der Waals surface area contributed by atoms with Crippen LogP contribution in [0.1, 0.15) is 39.1 Å². The molecule has 1 heterocycles. The van der Waals surface area contributed by atoms with Crippen molar-refractivity contribution in [3.05, 3.63) is 87.4 Å². The molecular formula is C25H23Cl2N3O4S. The van der Waals surface area contributed by atoms with E-state index in [-0.39, 0.29) is 22.2 Å². The molecule has 0 spiro atoms. The lowest BCUT2D eigenvalue weighted by Gasteiger charge is -2.28. The summed E-state index contributed by atoms with van der Waals surface area (Å²) in [6, 6.07) is 16.3. The summed E-state index contributed by atoms with van der Waals surface area (Å²) in [4.78, 5) is 25.5. The van der Waals surface area contributed by atoms with Crippen LogP contribution in [-0.2, 0) is 10.0 Å². The molecule has 2 N–H and O–H groups in total. The number of nitrogens with zero attached hydrogens (tertiary/aromatic N) is 1. The minimum Gasteiger partial charge on any atom is -0.322 e. The second kappa shape index (κ2) is 10.3. The van der Waals surface area contributed by atoms with Crippen LogP contribution in [0.3, 0.4) is 0 Å². The SMILES string of the molecule is Cc1ccc(NC(=O)c2ccc(N3CCCCS3(=O)=O)cc2Cl)cc1NC(=O)c1cccc(Cl)c1. The number of hydrogen-bond acceptors (Lipinski definition) is 4. The monoisotopic (exact) mass is 531 g/mol. The number of benzene rings is 3. The third kappa shape index (κ3) is 5.78. The normalized spacial score (nSPS) is 14.9. The van der Waals surface area contributed by atoms with E-state index in [4.69, 9.17) is 23.2 Å². The van der Waals surface area contributed by atoms with Crippen LogP contribution in [0.15, 0.2) is 60.7 Å². The van der Waals surface area contributed by atoms with Gasteiger partial charge in [0.05, 0.1) is 22.0 Å². The van der Waals surface area contributed by atoms with Gasteiger partial charge in [0, 0.05) is 28.5 Å². The van der Waals surface area contributed by atoms with Crippen molar-refractivity contribution in [2.45, 2.75) is 19.8 Å². The molecule has 1 aliphatic heterocycles. The largest absolute Gasteiger partial charge is 0.322 e. The number of carbonyl (C=O) groups is 2. The van der Waals surface area contributed by atoms with Crippen molar-refractivity contribution in [3.63, 3.8) is 0 Å². The molecule has 7 nitrogen and oxygen atoms in total. The van der Waals surface area contributed by atoms with Crippen molar-refractivity contribution in [1.82, 2.24) is 0 Å². The predicted molar refractivity (Wildman–Crippen MR) is 140 cm³/mol. The van der Waals surface area contributed by atoms with E-state index in [2.05, 4.69) is 10.6 Å². The molecule has 0 radical (unpaired) electrons. The minimum atomic E-state index is -3.38. The molecule has 1 saturated heterocycles. The first kappa shape index (κ1) is 25.0. The molecule has 35 heavy (non-hydrogen) atoms. The number of aryl methyl sites for hydroxylation is 1. The molecular weight excluding hydrogens is 509 g/mol. The van der Waals surface area contributed by atoms with Crippen molar-refractivity contribution in [3.8, 4) is 0 Å². The lowest BCUT2D eigenvalue weighted by molar-refractivity contribution is 0.101. The zero-order valence-electron chi connectivity index (χ0n) is 18.8. The highest BCUT2D eigenvalue weighted by molar-refractivity contribution is 7.92. The van der Waals surface area contributed by atoms with Gasteiger partial charge in [-0.2, -0.15) is 0 Å². The Morgan fingerprint density at radius 2 is 1.71 bits per heavy atom. The molecule has 0 bridgehead atoms. The number of sulfonamides is 1. The maximum Gasteiger partial charge on any atom is 0.257 e. The molecule has 3 aromatic carbocycles. The van der Waals surface area contributed by atoms with Crippen molar-refractivity contribution >= 4 is 62.1 Å². The Kier molecular flexibility index (Phi) is 7.35. The summed E-state index contributed by atoms with van der Waals surface area (Å²) >= 11 is 12.3. The summed E-state index contributed by atoms with van der Waals surface area (Å²) in [6.45, 7) is 2.22. The van der Waals surface area contributed by atoms with Crippen LogP contribution >= 0.6 is 23.2 Å². The molecule has 0 atom stereocenters. The Labute approximate surface area is 214 Å². The van der Waals surface area contributed by atoms with E-state index in [0.29, 0.717) is 40.6 Å². The summed E-state index contributed by atoms with van der Waals surface area (Å²) in [6.07, 6.45) is 1.40. The fourth-order valence-electron chi connectivity index (χ4n) is 3.78. The molecule has 0 unspecified atom stereocenters. The second-order valence-electron chi connectivity index (χ2n) is 8.21. The van der Waals surface area contributed by atoms with Crippen LogP contribution in [0.2, 0.25) is 10.0 Å². The van der Waals surface area contributed by atoms with Crippen LogP contribution in [0.5, 0.6) is 0 Å². The summed E-state index contributed by atoms with van der Waals surface area (Å²) in [7, 11) is -3.38. The summed E-state index contributed by atoms with van der Waals surface area (Å²) in [5.41, 5.74) is 2.85. The summed E-state index contributed by atoms with van der Waals surface area (Å²) < 4.78 is 26.1. The van der Waals surface area contributed by atoms with E-state index in [9.17, 15) is 18.0 Å². The second-order valence-corrected chi connectivity index (χ2v) is 11.1. The highest BCUT2D eigenvalue weighted by atomic mass is 35.5. The maximum absolute atomic E-state index is 12.9. The van der Waals surface area contributed by atoms with E-state index in [1.165, 1.54) is 16.4 Å². The Morgan fingerprint density at radius 3 is 2.43 bits per heavy atom. The Morgan fingerprint density at radius 1 is 0.914 bits per heavy atom. The van der Waals surface area contributed by atoms with Crippen LogP contribution in [0.4, 0.5) is 17.1 Å². The van der Waals surface area contributed by atoms with E-state index >= 15 is 0 Å². The molecule has 2 amide bonds. The first-order chi connectivity index (χ1) is 16.6. The molecule has 1 aliphatic rings. The topological polar surface area (TPSA) is 95.6 Å². The van der Waals surface area contributed by atoms with Gasteiger partial charge in [0.15, 0.2) is 0 Å². The maximum atomic E-state index is 12.9. The van der Waals surface area contributed by atoms with Gasteiger partial charge in [0.1, 0.15) is 0 Å². The average Bonchev–Trinajstić information content (AvgIpc) is 2.80. The lowest BCUT2D eigenvalue weighted by atomic mass is 10.1. The van der Waals surface area contributed by atoms with Gasteiger partial charge in [-0.1, -0.05) is 35.3 Å². The van der Waals surface area contributed by atoms with Crippen LogP contribution in [0, 0.1) is 6.92 Å². The van der Waals surface area contributed by atoms with Gasteiger partial charge in [0.2, 0.25) is 10.0 Å². The van der Waals surface area contributed by atoms with Crippen LogP contribution in [-0.4, -0.2) is 32.5 Å². The Hall–Kier alpha value is -3.07. The third-order valence-electron chi connectivity index (χ3n) is 5.67. The van der Waals surface area contributed by atoms with E-state index < -0.39 is 15.9 Å². The lowest BCUT2D eigenvalue weighted by Crippen LogP contribution is -2.37. The van der Waals surface area contributed by atoms with Gasteiger partial charge in [-0.25, -0.2) is 8.42 Å². The fraction of sp³-hybridized carbons (Fsp3) is 0.200. The highest BCUT2D eigenvalue weighted by Gasteiger charge is 2.27. The quantitative estimate of drug-likeness (QED) is 0.438. The van der Waals surface area contributed by atoms with E-state index in [1.807, 2.05) is 6.92 Å². The Bertz CT molecular complexity index is 1410. The number of nitrogens with one attached hydrogen (secondary N) is 2. The van der Waals surface area contributed by atoms with Crippen LogP contribution in [0.25, 0.3) is 0 Å².